The van der Waals surface area contributed by atoms with E-state index < -0.39 is 0 Å². The van der Waals surface area contributed by atoms with Crippen LogP contribution in [0.5, 0.6) is 0 Å². The molecule has 0 aromatic carbocycles. The molecule has 2 heteroatoms. The van der Waals surface area contributed by atoms with Gasteiger partial charge >= 0.3 is 0 Å². The van der Waals surface area contributed by atoms with E-state index in [4.69, 9.17) is 0 Å². The Kier molecular flexibility index (Phi) is 4.04. The Morgan fingerprint density at radius 2 is 1.80 bits per heavy atom. The standard InChI is InChI=1S/C13H25NO/c1-14-9-5-4-8-13(14)12(10-15)11-6-2-3-7-11/h11-13,15H,2-10H2,1H3. The first-order chi connectivity index (χ1) is 7.33. The van der Waals surface area contributed by atoms with Gasteiger partial charge in [0.1, 0.15) is 0 Å². The van der Waals surface area contributed by atoms with Crippen molar-refractivity contribution in [1.29, 1.82) is 0 Å². The first-order valence-corrected chi connectivity index (χ1v) is 6.64. The zero-order valence-corrected chi connectivity index (χ0v) is 9.99. The van der Waals surface area contributed by atoms with Gasteiger partial charge in [0.15, 0.2) is 0 Å². The van der Waals surface area contributed by atoms with Crippen LogP contribution in [0, 0.1) is 11.8 Å². The Morgan fingerprint density at radius 3 is 2.40 bits per heavy atom. The summed E-state index contributed by atoms with van der Waals surface area (Å²) in [5, 5.41) is 9.63. The predicted octanol–water partition coefficient (Wildman–Crippen LogP) is 2.27. The van der Waals surface area contributed by atoms with Crippen molar-refractivity contribution >= 4 is 0 Å². The highest BCUT2D eigenvalue weighted by Crippen LogP contribution is 2.36. The van der Waals surface area contributed by atoms with Crippen LogP contribution in [0.3, 0.4) is 0 Å². The van der Waals surface area contributed by atoms with Crippen molar-refractivity contribution in [1.82, 2.24) is 4.90 Å². The molecule has 0 spiro atoms. The van der Waals surface area contributed by atoms with Gasteiger partial charge in [-0.15, -0.1) is 0 Å². The minimum absolute atomic E-state index is 0.402. The molecule has 0 aromatic rings. The maximum Gasteiger partial charge on any atom is 0.0476 e. The van der Waals surface area contributed by atoms with Gasteiger partial charge < -0.3 is 10.0 Å². The molecule has 2 aliphatic rings. The van der Waals surface area contributed by atoms with Gasteiger partial charge in [-0.1, -0.05) is 32.1 Å². The molecule has 1 heterocycles. The number of hydrogen-bond acceptors (Lipinski definition) is 2. The maximum atomic E-state index is 9.63. The summed E-state index contributed by atoms with van der Waals surface area (Å²) >= 11 is 0. The fourth-order valence-electron chi connectivity index (χ4n) is 3.61. The summed E-state index contributed by atoms with van der Waals surface area (Å²) in [6.07, 6.45) is 9.49. The molecule has 2 nitrogen and oxygen atoms in total. The zero-order valence-electron chi connectivity index (χ0n) is 9.99. The highest BCUT2D eigenvalue weighted by molar-refractivity contribution is 4.87. The van der Waals surface area contributed by atoms with E-state index in [0.29, 0.717) is 18.6 Å². The van der Waals surface area contributed by atoms with Crippen molar-refractivity contribution in [3.8, 4) is 0 Å². The average Bonchev–Trinajstić information content (AvgIpc) is 2.75. The molecule has 1 N–H and O–H groups in total. The smallest absolute Gasteiger partial charge is 0.0476 e. The molecule has 1 saturated carbocycles. The zero-order chi connectivity index (χ0) is 10.7. The molecule has 0 amide bonds. The molecule has 15 heavy (non-hydrogen) atoms. The lowest BCUT2D eigenvalue weighted by Crippen LogP contribution is -2.45. The second kappa shape index (κ2) is 5.31. The SMILES string of the molecule is CN1CCCCC1C(CO)C1CCCC1. The van der Waals surface area contributed by atoms with Crippen molar-refractivity contribution in [3.05, 3.63) is 0 Å². The first-order valence-electron chi connectivity index (χ1n) is 6.64. The molecule has 2 atom stereocenters. The minimum atomic E-state index is 0.402. The van der Waals surface area contributed by atoms with Crippen LogP contribution in [0.1, 0.15) is 44.9 Å². The predicted molar refractivity (Wildman–Crippen MR) is 62.8 cm³/mol. The van der Waals surface area contributed by atoms with Crippen molar-refractivity contribution in [2.45, 2.75) is 51.0 Å². The number of nitrogens with zero attached hydrogens (tertiary/aromatic N) is 1. The number of hydrogen-bond donors (Lipinski definition) is 1. The Balaban J connectivity index is 1.97. The number of aliphatic hydroxyl groups excluding tert-OH is 1. The Morgan fingerprint density at radius 1 is 1.13 bits per heavy atom. The molecule has 0 bridgehead atoms. The summed E-state index contributed by atoms with van der Waals surface area (Å²) in [5.74, 6) is 1.36. The van der Waals surface area contributed by atoms with E-state index in [0.717, 1.165) is 5.92 Å². The van der Waals surface area contributed by atoms with E-state index in [9.17, 15) is 5.11 Å². The molecule has 2 fully saturated rings. The molecule has 88 valence electrons. The van der Waals surface area contributed by atoms with Crippen LogP contribution < -0.4 is 0 Å². The van der Waals surface area contributed by atoms with E-state index in [1.165, 1.54) is 51.5 Å². The fourth-order valence-corrected chi connectivity index (χ4v) is 3.61. The molecule has 0 aromatic heterocycles. The van der Waals surface area contributed by atoms with Crippen molar-refractivity contribution in [2.75, 3.05) is 20.2 Å². The van der Waals surface area contributed by atoms with Crippen LogP contribution in [0.4, 0.5) is 0 Å². The molecular formula is C13H25NO. The summed E-state index contributed by atoms with van der Waals surface area (Å²) in [6.45, 7) is 1.63. The molecular weight excluding hydrogens is 186 g/mol. The summed E-state index contributed by atoms with van der Waals surface area (Å²) in [5.41, 5.74) is 0. The molecule has 2 rings (SSSR count). The number of likely N-dealkylation sites (tertiary alicyclic amines) is 1. The van der Waals surface area contributed by atoms with E-state index in [1.54, 1.807) is 0 Å². The van der Waals surface area contributed by atoms with Crippen LogP contribution >= 0.6 is 0 Å². The first kappa shape index (κ1) is 11.4. The van der Waals surface area contributed by atoms with Gasteiger partial charge in [0.2, 0.25) is 0 Å². The van der Waals surface area contributed by atoms with Crippen LogP contribution in [0.15, 0.2) is 0 Å². The van der Waals surface area contributed by atoms with Gasteiger partial charge in [-0.3, -0.25) is 0 Å². The van der Waals surface area contributed by atoms with E-state index in [1.807, 2.05) is 0 Å². The van der Waals surface area contributed by atoms with Crippen molar-refractivity contribution in [3.63, 3.8) is 0 Å². The minimum Gasteiger partial charge on any atom is -0.396 e. The topological polar surface area (TPSA) is 23.5 Å². The van der Waals surface area contributed by atoms with Crippen LogP contribution in [0.2, 0.25) is 0 Å². The normalized spacial score (nSPS) is 32.0. The molecule has 0 radical (unpaired) electrons. The largest absolute Gasteiger partial charge is 0.396 e. The Bertz CT molecular complexity index is 189. The number of aliphatic hydroxyl groups is 1. The quantitative estimate of drug-likeness (QED) is 0.774. The third-order valence-corrected chi connectivity index (χ3v) is 4.54. The van der Waals surface area contributed by atoms with Crippen LogP contribution in [-0.4, -0.2) is 36.2 Å². The summed E-state index contributed by atoms with van der Waals surface area (Å²) in [6, 6.07) is 0.659. The Hall–Kier alpha value is -0.0800. The van der Waals surface area contributed by atoms with Gasteiger partial charge in [0, 0.05) is 18.6 Å². The third kappa shape index (κ3) is 2.54. The van der Waals surface area contributed by atoms with E-state index >= 15 is 0 Å². The fraction of sp³-hybridized carbons (Fsp3) is 1.00. The van der Waals surface area contributed by atoms with Crippen LogP contribution in [0.25, 0.3) is 0 Å². The van der Waals surface area contributed by atoms with Gasteiger partial charge in [-0.2, -0.15) is 0 Å². The van der Waals surface area contributed by atoms with Crippen LogP contribution in [-0.2, 0) is 0 Å². The highest BCUT2D eigenvalue weighted by atomic mass is 16.3. The molecule has 1 saturated heterocycles. The average molecular weight is 211 g/mol. The highest BCUT2D eigenvalue weighted by Gasteiger charge is 2.34. The monoisotopic (exact) mass is 211 g/mol. The van der Waals surface area contributed by atoms with Gasteiger partial charge in [0.25, 0.3) is 0 Å². The second-order valence-electron chi connectivity index (χ2n) is 5.43. The number of piperidine rings is 1. The number of rotatable bonds is 3. The van der Waals surface area contributed by atoms with Crippen molar-refractivity contribution < 1.29 is 5.11 Å². The summed E-state index contributed by atoms with van der Waals surface area (Å²) in [7, 11) is 2.24. The van der Waals surface area contributed by atoms with Gasteiger partial charge in [0.05, 0.1) is 0 Å². The van der Waals surface area contributed by atoms with Gasteiger partial charge in [-0.25, -0.2) is 0 Å². The lowest BCUT2D eigenvalue weighted by atomic mass is 9.81. The lowest BCUT2D eigenvalue weighted by Gasteiger charge is -2.40. The Labute approximate surface area is 93.7 Å². The van der Waals surface area contributed by atoms with E-state index in [2.05, 4.69) is 11.9 Å². The molecule has 1 aliphatic heterocycles. The lowest BCUT2D eigenvalue weighted by molar-refractivity contribution is 0.0542. The summed E-state index contributed by atoms with van der Waals surface area (Å²) in [4.78, 5) is 2.49. The molecule has 1 aliphatic carbocycles. The molecule has 2 unspecified atom stereocenters. The van der Waals surface area contributed by atoms with Gasteiger partial charge in [-0.05, 0) is 32.4 Å². The third-order valence-electron chi connectivity index (χ3n) is 4.54. The summed E-state index contributed by atoms with van der Waals surface area (Å²) < 4.78 is 0. The van der Waals surface area contributed by atoms with Crippen molar-refractivity contribution in [2.24, 2.45) is 11.8 Å². The maximum absolute atomic E-state index is 9.63. The van der Waals surface area contributed by atoms with E-state index in [-0.39, 0.29) is 0 Å². The second-order valence-corrected chi connectivity index (χ2v) is 5.43.